The van der Waals surface area contributed by atoms with Crippen molar-refractivity contribution in [2.45, 2.75) is 6.92 Å². The van der Waals surface area contributed by atoms with Gasteiger partial charge in [0.25, 0.3) is 5.91 Å². The number of nitrogens with one attached hydrogen (secondary N) is 1. The first-order chi connectivity index (χ1) is 5.16. The highest BCUT2D eigenvalue weighted by Gasteiger charge is 2.33. The standard InChI is InChI=1S/C7H7NO2S/c1-2-3-4-5(11)7(10)8-6(4)9/h2-4H,1H3,(H,8,9,10). The second-order valence-electron chi connectivity index (χ2n) is 2.19. The predicted molar refractivity (Wildman–Crippen MR) is 44.1 cm³/mol. The zero-order valence-corrected chi connectivity index (χ0v) is 6.77. The van der Waals surface area contributed by atoms with E-state index in [1.165, 1.54) is 0 Å². The van der Waals surface area contributed by atoms with Crippen molar-refractivity contribution in [1.29, 1.82) is 0 Å². The lowest BCUT2D eigenvalue weighted by Gasteiger charge is -1.94. The fourth-order valence-electron chi connectivity index (χ4n) is 0.879. The smallest absolute Gasteiger partial charge is 0.265 e. The molecule has 1 aliphatic rings. The van der Waals surface area contributed by atoms with E-state index in [4.69, 9.17) is 12.2 Å². The summed E-state index contributed by atoms with van der Waals surface area (Å²) in [7, 11) is 0. The lowest BCUT2D eigenvalue weighted by Crippen LogP contribution is -2.21. The van der Waals surface area contributed by atoms with Crippen LogP contribution >= 0.6 is 12.2 Å². The van der Waals surface area contributed by atoms with E-state index in [-0.39, 0.29) is 10.8 Å². The van der Waals surface area contributed by atoms with Crippen LogP contribution in [-0.4, -0.2) is 16.7 Å². The highest BCUT2D eigenvalue weighted by Crippen LogP contribution is 2.09. The molecular formula is C7H7NO2S. The van der Waals surface area contributed by atoms with Crippen LogP contribution in [0, 0.1) is 5.92 Å². The Labute approximate surface area is 69.5 Å². The second-order valence-corrected chi connectivity index (χ2v) is 2.63. The summed E-state index contributed by atoms with van der Waals surface area (Å²) in [5.41, 5.74) is 0. The minimum Gasteiger partial charge on any atom is -0.291 e. The van der Waals surface area contributed by atoms with Crippen molar-refractivity contribution in [3.05, 3.63) is 12.2 Å². The maximum atomic E-state index is 10.9. The molecule has 1 aliphatic heterocycles. The molecule has 1 rings (SSSR count). The average molecular weight is 169 g/mol. The van der Waals surface area contributed by atoms with Gasteiger partial charge in [-0.1, -0.05) is 24.4 Å². The van der Waals surface area contributed by atoms with Gasteiger partial charge in [0.1, 0.15) is 0 Å². The number of thiocarbonyl (C=S) groups is 1. The largest absolute Gasteiger partial charge is 0.291 e. The zero-order valence-electron chi connectivity index (χ0n) is 5.96. The Balaban J connectivity index is 2.88. The summed E-state index contributed by atoms with van der Waals surface area (Å²) in [6, 6.07) is 0. The lowest BCUT2D eigenvalue weighted by atomic mass is 10.1. The Morgan fingerprint density at radius 1 is 1.55 bits per heavy atom. The summed E-state index contributed by atoms with van der Waals surface area (Å²) in [6.45, 7) is 1.78. The van der Waals surface area contributed by atoms with Crippen LogP contribution in [0.25, 0.3) is 0 Å². The summed E-state index contributed by atoms with van der Waals surface area (Å²) in [5.74, 6) is -1.28. The van der Waals surface area contributed by atoms with Gasteiger partial charge in [0.2, 0.25) is 5.91 Å². The maximum absolute atomic E-state index is 10.9. The molecule has 1 atom stereocenters. The Kier molecular flexibility index (Phi) is 2.14. The van der Waals surface area contributed by atoms with Gasteiger partial charge < -0.3 is 0 Å². The van der Waals surface area contributed by atoms with Gasteiger partial charge in [-0.3, -0.25) is 14.9 Å². The molecule has 2 amide bonds. The van der Waals surface area contributed by atoms with Crippen molar-refractivity contribution >= 4 is 28.9 Å². The second kappa shape index (κ2) is 2.92. The molecule has 0 bridgehead atoms. The molecule has 58 valence electrons. The van der Waals surface area contributed by atoms with Crippen LogP contribution < -0.4 is 5.32 Å². The Bertz CT molecular complexity index is 257. The zero-order chi connectivity index (χ0) is 8.43. The topological polar surface area (TPSA) is 46.2 Å². The monoisotopic (exact) mass is 169 g/mol. The molecule has 11 heavy (non-hydrogen) atoms. The molecule has 1 heterocycles. The van der Waals surface area contributed by atoms with Gasteiger partial charge in [-0.15, -0.1) is 0 Å². The SMILES string of the molecule is CC=CC1C(=O)NC(=O)C1=S. The van der Waals surface area contributed by atoms with E-state index < -0.39 is 11.8 Å². The summed E-state index contributed by atoms with van der Waals surface area (Å²) >= 11 is 4.72. The van der Waals surface area contributed by atoms with Crippen molar-refractivity contribution in [3.63, 3.8) is 0 Å². The fourth-order valence-corrected chi connectivity index (χ4v) is 1.12. The van der Waals surface area contributed by atoms with Crippen molar-refractivity contribution in [2.75, 3.05) is 0 Å². The van der Waals surface area contributed by atoms with Crippen LogP contribution in [-0.2, 0) is 9.59 Å². The van der Waals surface area contributed by atoms with Crippen LogP contribution in [0.5, 0.6) is 0 Å². The summed E-state index contributed by atoms with van der Waals surface area (Å²) in [6.07, 6.45) is 3.32. The molecule has 0 aromatic heterocycles. The summed E-state index contributed by atoms with van der Waals surface area (Å²) < 4.78 is 0. The molecule has 0 saturated carbocycles. The van der Waals surface area contributed by atoms with Crippen molar-refractivity contribution < 1.29 is 9.59 Å². The van der Waals surface area contributed by atoms with Crippen LogP contribution in [0.1, 0.15) is 6.92 Å². The number of hydrogen-bond acceptors (Lipinski definition) is 3. The highest BCUT2D eigenvalue weighted by molar-refractivity contribution is 7.82. The van der Waals surface area contributed by atoms with E-state index in [0.717, 1.165) is 0 Å². The van der Waals surface area contributed by atoms with Crippen molar-refractivity contribution in [2.24, 2.45) is 5.92 Å². The number of rotatable bonds is 1. The normalized spacial score (nSPS) is 24.8. The van der Waals surface area contributed by atoms with E-state index in [0.29, 0.717) is 0 Å². The van der Waals surface area contributed by atoms with E-state index in [9.17, 15) is 9.59 Å². The summed E-state index contributed by atoms with van der Waals surface area (Å²) in [5, 5.41) is 2.13. The van der Waals surface area contributed by atoms with E-state index >= 15 is 0 Å². The predicted octanol–water partition coefficient (Wildman–Crippen LogP) is 0.205. The quantitative estimate of drug-likeness (QED) is 0.346. The van der Waals surface area contributed by atoms with Gasteiger partial charge >= 0.3 is 0 Å². The number of imide groups is 1. The van der Waals surface area contributed by atoms with Crippen LogP contribution in [0.3, 0.4) is 0 Å². The summed E-state index contributed by atoms with van der Waals surface area (Å²) in [4.78, 5) is 21.8. The Morgan fingerprint density at radius 3 is 2.55 bits per heavy atom. The number of allylic oxidation sites excluding steroid dienone is 1. The third-order valence-electron chi connectivity index (χ3n) is 1.41. The molecule has 1 saturated heterocycles. The fraction of sp³-hybridized carbons (Fsp3) is 0.286. The van der Waals surface area contributed by atoms with E-state index in [2.05, 4.69) is 5.32 Å². The highest BCUT2D eigenvalue weighted by atomic mass is 32.1. The van der Waals surface area contributed by atoms with Gasteiger partial charge in [-0.2, -0.15) is 0 Å². The molecule has 0 spiro atoms. The number of carbonyl (C=O) groups is 2. The Hall–Kier alpha value is -1.03. The van der Waals surface area contributed by atoms with Gasteiger partial charge in [0.15, 0.2) is 0 Å². The molecule has 1 N–H and O–H groups in total. The maximum Gasteiger partial charge on any atom is 0.265 e. The molecule has 0 aromatic carbocycles. The van der Waals surface area contributed by atoms with Crippen molar-refractivity contribution in [1.82, 2.24) is 5.32 Å². The minimum absolute atomic E-state index is 0.160. The Morgan fingerprint density at radius 2 is 2.18 bits per heavy atom. The molecule has 0 radical (unpaired) electrons. The third-order valence-corrected chi connectivity index (χ3v) is 1.85. The molecule has 1 unspecified atom stereocenters. The third kappa shape index (κ3) is 1.35. The van der Waals surface area contributed by atoms with Gasteiger partial charge in [-0.25, -0.2) is 0 Å². The molecular weight excluding hydrogens is 162 g/mol. The van der Waals surface area contributed by atoms with Crippen LogP contribution in [0.15, 0.2) is 12.2 Å². The number of carbonyl (C=O) groups excluding carboxylic acids is 2. The molecule has 1 fully saturated rings. The van der Waals surface area contributed by atoms with E-state index in [1.807, 2.05) is 0 Å². The lowest BCUT2D eigenvalue weighted by molar-refractivity contribution is -0.124. The first kappa shape index (κ1) is 8.07. The molecule has 3 nitrogen and oxygen atoms in total. The van der Waals surface area contributed by atoms with E-state index in [1.54, 1.807) is 19.1 Å². The molecule has 4 heteroatoms. The van der Waals surface area contributed by atoms with Gasteiger partial charge in [-0.05, 0) is 6.92 Å². The molecule has 0 aliphatic carbocycles. The van der Waals surface area contributed by atoms with Crippen molar-refractivity contribution in [3.8, 4) is 0 Å². The number of amides is 2. The first-order valence-electron chi connectivity index (χ1n) is 3.18. The number of hydrogen-bond donors (Lipinski definition) is 1. The first-order valence-corrected chi connectivity index (χ1v) is 3.59. The minimum atomic E-state index is -0.525. The molecule has 0 aromatic rings. The van der Waals surface area contributed by atoms with Crippen LogP contribution in [0.4, 0.5) is 0 Å². The van der Waals surface area contributed by atoms with Crippen LogP contribution in [0.2, 0.25) is 0 Å². The average Bonchev–Trinajstić information content (AvgIpc) is 2.17. The van der Waals surface area contributed by atoms with Gasteiger partial charge in [0, 0.05) is 0 Å². The van der Waals surface area contributed by atoms with Gasteiger partial charge in [0.05, 0.1) is 10.8 Å².